The molecule has 2 unspecified atom stereocenters. The first-order valence-electron chi connectivity index (χ1n) is 6.20. The molecule has 0 aromatic heterocycles. The molecular formula is C12H19NO3S. The zero-order chi connectivity index (χ0) is 12.3. The fraction of sp³-hybridized carbons (Fsp3) is 0.833. The molecule has 96 valence electrons. The minimum Gasteiger partial charge on any atom is -0.469 e. The molecule has 2 aliphatic heterocycles. The van der Waals surface area contributed by atoms with Crippen LogP contribution in [0.4, 0.5) is 0 Å². The van der Waals surface area contributed by atoms with Crippen molar-refractivity contribution in [3.8, 4) is 0 Å². The minimum absolute atomic E-state index is 0.113. The number of hydrogen-bond donors (Lipinski definition) is 0. The lowest BCUT2D eigenvalue weighted by Gasteiger charge is -2.25. The Balaban J connectivity index is 1.87. The van der Waals surface area contributed by atoms with Gasteiger partial charge in [-0.1, -0.05) is 6.42 Å². The van der Waals surface area contributed by atoms with E-state index in [1.807, 2.05) is 4.90 Å². The summed E-state index contributed by atoms with van der Waals surface area (Å²) < 4.78 is 4.73. The van der Waals surface area contributed by atoms with Gasteiger partial charge in [0.2, 0.25) is 5.91 Å². The van der Waals surface area contributed by atoms with E-state index in [1.165, 1.54) is 13.5 Å². The lowest BCUT2D eigenvalue weighted by Crippen LogP contribution is -2.37. The van der Waals surface area contributed by atoms with Gasteiger partial charge in [0.1, 0.15) is 0 Å². The van der Waals surface area contributed by atoms with Crippen LogP contribution in [0.25, 0.3) is 0 Å². The SMILES string of the molecule is COC(=O)C1CCN(C(=O)C2CCCCS2)C1. The average Bonchev–Trinajstić information content (AvgIpc) is 2.87. The van der Waals surface area contributed by atoms with Crippen LogP contribution >= 0.6 is 11.8 Å². The number of carbonyl (C=O) groups excluding carboxylic acids is 2. The molecule has 5 heteroatoms. The number of esters is 1. The zero-order valence-corrected chi connectivity index (χ0v) is 11.0. The molecule has 2 saturated heterocycles. The summed E-state index contributed by atoms with van der Waals surface area (Å²) in [5.74, 6) is 1.01. The molecule has 2 rings (SSSR count). The Kier molecular flexibility index (Phi) is 4.31. The Morgan fingerprint density at radius 3 is 2.76 bits per heavy atom. The lowest BCUT2D eigenvalue weighted by atomic mass is 10.1. The molecule has 0 spiro atoms. The van der Waals surface area contributed by atoms with Crippen LogP contribution in [-0.4, -0.2) is 48.0 Å². The summed E-state index contributed by atoms with van der Waals surface area (Å²) in [5.41, 5.74) is 0. The number of methoxy groups -OCH3 is 1. The van der Waals surface area contributed by atoms with E-state index < -0.39 is 0 Å². The molecule has 2 heterocycles. The Morgan fingerprint density at radius 2 is 2.12 bits per heavy atom. The predicted molar refractivity (Wildman–Crippen MR) is 66.8 cm³/mol. The zero-order valence-electron chi connectivity index (χ0n) is 10.2. The molecular weight excluding hydrogens is 238 g/mol. The van der Waals surface area contributed by atoms with Crippen LogP contribution < -0.4 is 0 Å². The summed E-state index contributed by atoms with van der Waals surface area (Å²) >= 11 is 1.77. The van der Waals surface area contributed by atoms with Crippen molar-refractivity contribution in [1.29, 1.82) is 0 Å². The average molecular weight is 257 g/mol. The largest absolute Gasteiger partial charge is 0.469 e. The third-order valence-electron chi connectivity index (χ3n) is 3.49. The van der Waals surface area contributed by atoms with Crippen LogP contribution in [0.1, 0.15) is 25.7 Å². The fourth-order valence-corrected chi connectivity index (χ4v) is 3.74. The van der Waals surface area contributed by atoms with Crippen molar-refractivity contribution in [2.45, 2.75) is 30.9 Å². The van der Waals surface area contributed by atoms with Crippen LogP contribution in [0, 0.1) is 5.92 Å². The number of amides is 1. The van der Waals surface area contributed by atoms with Crippen molar-refractivity contribution in [3.05, 3.63) is 0 Å². The van der Waals surface area contributed by atoms with E-state index in [-0.39, 0.29) is 23.0 Å². The standard InChI is InChI=1S/C12H19NO3S/c1-16-12(15)9-5-6-13(8-9)11(14)10-4-2-3-7-17-10/h9-10H,2-8H2,1H3. The van der Waals surface area contributed by atoms with Crippen molar-refractivity contribution >= 4 is 23.6 Å². The van der Waals surface area contributed by atoms with Gasteiger partial charge in [-0.2, -0.15) is 0 Å². The molecule has 17 heavy (non-hydrogen) atoms. The van der Waals surface area contributed by atoms with Gasteiger partial charge in [-0.05, 0) is 25.0 Å². The van der Waals surface area contributed by atoms with E-state index in [0.717, 1.165) is 25.0 Å². The van der Waals surface area contributed by atoms with Gasteiger partial charge >= 0.3 is 5.97 Å². The molecule has 2 fully saturated rings. The van der Waals surface area contributed by atoms with Crippen molar-refractivity contribution in [2.75, 3.05) is 26.0 Å². The first-order chi connectivity index (χ1) is 8.22. The van der Waals surface area contributed by atoms with E-state index >= 15 is 0 Å². The van der Waals surface area contributed by atoms with Gasteiger partial charge in [-0.15, -0.1) is 11.8 Å². The third kappa shape index (κ3) is 2.94. The van der Waals surface area contributed by atoms with E-state index in [1.54, 1.807) is 11.8 Å². The second kappa shape index (κ2) is 5.76. The predicted octanol–water partition coefficient (Wildman–Crippen LogP) is 1.29. The molecule has 0 radical (unpaired) electrons. The van der Waals surface area contributed by atoms with E-state index in [4.69, 9.17) is 4.74 Å². The normalized spacial score (nSPS) is 29.1. The van der Waals surface area contributed by atoms with Crippen LogP contribution in [0.15, 0.2) is 0 Å². The van der Waals surface area contributed by atoms with Gasteiger partial charge in [0.05, 0.1) is 18.3 Å². The summed E-state index contributed by atoms with van der Waals surface area (Å²) in [5, 5.41) is 0.125. The third-order valence-corrected chi connectivity index (χ3v) is 4.85. The van der Waals surface area contributed by atoms with Crippen LogP contribution in [-0.2, 0) is 14.3 Å². The Hall–Kier alpha value is -0.710. The minimum atomic E-state index is -0.184. The van der Waals surface area contributed by atoms with Crippen LogP contribution in [0.5, 0.6) is 0 Å². The summed E-state index contributed by atoms with van der Waals surface area (Å²) in [6, 6.07) is 0. The highest BCUT2D eigenvalue weighted by atomic mass is 32.2. The van der Waals surface area contributed by atoms with Crippen molar-refractivity contribution in [2.24, 2.45) is 5.92 Å². The smallest absolute Gasteiger partial charge is 0.310 e. The number of likely N-dealkylation sites (tertiary alicyclic amines) is 1. The highest BCUT2D eigenvalue weighted by Crippen LogP contribution is 2.28. The van der Waals surface area contributed by atoms with Crippen molar-refractivity contribution in [1.82, 2.24) is 4.90 Å². The molecule has 4 nitrogen and oxygen atoms in total. The molecule has 0 bridgehead atoms. The van der Waals surface area contributed by atoms with E-state index in [2.05, 4.69) is 0 Å². The molecule has 1 amide bonds. The number of thioether (sulfide) groups is 1. The van der Waals surface area contributed by atoms with Crippen LogP contribution in [0.3, 0.4) is 0 Å². The maximum absolute atomic E-state index is 12.2. The molecule has 0 aromatic carbocycles. The number of nitrogens with zero attached hydrogens (tertiary/aromatic N) is 1. The number of hydrogen-bond acceptors (Lipinski definition) is 4. The molecule has 0 aliphatic carbocycles. The second-order valence-electron chi connectivity index (χ2n) is 4.65. The maximum Gasteiger partial charge on any atom is 0.310 e. The summed E-state index contributed by atoms with van der Waals surface area (Å²) in [7, 11) is 1.41. The summed E-state index contributed by atoms with van der Waals surface area (Å²) in [6.45, 7) is 1.25. The molecule has 0 aromatic rings. The van der Waals surface area contributed by atoms with Gasteiger partial charge in [0, 0.05) is 13.1 Å². The number of ether oxygens (including phenoxy) is 1. The van der Waals surface area contributed by atoms with Gasteiger partial charge < -0.3 is 9.64 Å². The van der Waals surface area contributed by atoms with Gasteiger partial charge in [0.15, 0.2) is 0 Å². The summed E-state index contributed by atoms with van der Waals surface area (Å²) in [4.78, 5) is 25.4. The topological polar surface area (TPSA) is 46.6 Å². The van der Waals surface area contributed by atoms with Gasteiger partial charge in [-0.25, -0.2) is 0 Å². The summed E-state index contributed by atoms with van der Waals surface area (Å²) in [6.07, 6.45) is 4.11. The highest BCUT2D eigenvalue weighted by molar-refractivity contribution is 8.00. The maximum atomic E-state index is 12.2. The Morgan fingerprint density at radius 1 is 1.29 bits per heavy atom. The Labute approximate surface area is 106 Å². The lowest BCUT2D eigenvalue weighted by molar-refractivity contribution is -0.145. The first kappa shape index (κ1) is 12.7. The molecule has 0 saturated carbocycles. The van der Waals surface area contributed by atoms with Crippen molar-refractivity contribution in [3.63, 3.8) is 0 Å². The monoisotopic (exact) mass is 257 g/mol. The first-order valence-corrected chi connectivity index (χ1v) is 7.25. The quantitative estimate of drug-likeness (QED) is 0.699. The molecule has 2 atom stereocenters. The number of carbonyl (C=O) groups is 2. The van der Waals surface area contributed by atoms with E-state index in [0.29, 0.717) is 13.1 Å². The van der Waals surface area contributed by atoms with Gasteiger partial charge in [0.25, 0.3) is 0 Å². The molecule has 0 N–H and O–H groups in total. The van der Waals surface area contributed by atoms with Crippen LogP contribution in [0.2, 0.25) is 0 Å². The second-order valence-corrected chi connectivity index (χ2v) is 5.96. The van der Waals surface area contributed by atoms with Crippen molar-refractivity contribution < 1.29 is 14.3 Å². The molecule has 2 aliphatic rings. The number of rotatable bonds is 2. The Bertz CT molecular complexity index is 302. The van der Waals surface area contributed by atoms with Gasteiger partial charge in [-0.3, -0.25) is 9.59 Å². The van der Waals surface area contributed by atoms with E-state index in [9.17, 15) is 9.59 Å². The fourth-order valence-electron chi connectivity index (χ4n) is 2.46. The highest BCUT2D eigenvalue weighted by Gasteiger charge is 2.35.